The zero-order valence-corrected chi connectivity index (χ0v) is 26.6. The van der Waals surface area contributed by atoms with Crippen molar-refractivity contribution in [1.82, 2.24) is 10.2 Å². The molecule has 2 amide bonds. The average molecular weight is 670 g/mol. The summed E-state index contributed by atoms with van der Waals surface area (Å²) in [6.45, 7) is 2.25. The summed E-state index contributed by atoms with van der Waals surface area (Å²) >= 11 is 0. The summed E-state index contributed by atoms with van der Waals surface area (Å²) in [6, 6.07) is 23.5. The summed E-state index contributed by atoms with van der Waals surface area (Å²) in [5.74, 6) is -2.13. The first-order valence-electron chi connectivity index (χ1n) is 14.9. The lowest BCUT2D eigenvalue weighted by Gasteiger charge is -2.34. The van der Waals surface area contributed by atoms with Crippen molar-refractivity contribution >= 4 is 27.5 Å². The van der Waals surface area contributed by atoms with Crippen LogP contribution in [0.15, 0.2) is 114 Å². The lowest BCUT2D eigenvalue weighted by molar-refractivity contribution is -0.140. The van der Waals surface area contributed by atoms with Crippen molar-refractivity contribution in [2.75, 3.05) is 10.8 Å². The summed E-state index contributed by atoms with van der Waals surface area (Å²) in [5, 5.41) is 2.87. The van der Waals surface area contributed by atoms with E-state index >= 15 is 4.39 Å². The number of carbonyl (C=O) groups is 2. The highest BCUT2D eigenvalue weighted by atomic mass is 32.2. The van der Waals surface area contributed by atoms with Crippen molar-refractivity contribution in [2.24, 2.45) is 0 Å². The highest BCUT2D eigenvalue weighted by Gasteiger charge is 2.37. The lowest BCUT2D eigenvalue weighted by Crippen LogP contribution is -2.54. The Balaban J connectivity index is 1.85. The van der Waals surface area contributed by atoms with Crippen molar-refractivity contribution < 1.29 is 35.6 Å². The van der Waals surface area contributed by atoms with E-state index in [-0.39, 0.29) is 22.9 Å². The van der Waals surface area contributed by atoms with Gasteiger partial charge in [-0.3, -0.25) is 13.9 Å². The number of halogens is 4. The van der Waals surface area contributed by atoms with Crippen LogP contribution in [0, 0.1) is 5.82 Å². The Morgan fingerprint density at radius 2 is 1.47 bits per heavy atom. The fourth-order valence-corrected chi connectivity index (χ4v) is 6.32. The molecule has 0 aliphatic rings. The van der Waals surface area contributed by atoms with Gasteiger partial charge in [-0.05, 0) is 55.3 Å². The van der Waals surface area contributed by atoms with Gasteiger partial charge in [-0.25, -0.2) is 12.8 Å². The minimum Gasteiger partial charge on any atom is -0.352 e. The number of nitrogens with zero attached hydrogens (tertiary/aromatic N) is 2. The van der Waals surface area contributed by atoms with Crippen LogP contribution in [0.2, 0.25) is 0 Å². The number of benzene rings is 4. The quantitative estimate of drug-likeness (QED) is 0.163. The number of alkyl halides is 3. The molecule has 0 aromatic heterocycles. The number of hydrogen-bond donors (Lipinski definition) is 1. The summed E-state index contributed by atoms with van der Waals surface area (Å²) in [5.41, 5.74) is -0.790. The van der Waals surface area contributed by atoms with Gasteiger partial charge in [-0.1, -0.05) is 79.7 Å². The Kier molecular flexibility index (Phi) is 11.4. The van der Waals surface area contributed by atoms with Crippen LogP contribution in [0.5, 0.6) is 0 Å². The molecule has 7 nitrogen and oxygen atoms in total. The van der Waals surface area contributed by atoms with Gasteiger partial charge in [0.2, 0.25) is 11.8 Å². The smallest absolute Gasteiger partial charge is 0.352 e. The van der Waals surface area contributed by atoms with Gasteiger partial charge in [0.15, 0.2) is 0 Å². The van der Waals surface area contributed by atoms with Crippen LogP contribution in [0.1, 0.15) is 37.0 Å². The Hall–Kier alpha value is -4.71. The van der Waals surface area contributed by atoms with Crippen LogP contribution >= 0.6 is 0 Å². The molecule has 2 unspecified atom stereocenters. The molecular weight excluding hydrogens is 634 g/mol. The maximum Gasteiger partial charge on any atom is 0.416 e. The van der Waals surface area contributed by atoms with Crippen molar-refractivity contribution in [3.8, 4) is 0 Å². The van der Waals surface area contributed by atoms with Crippen molar-refractivity contribution in [1.29, 1.82) is 0 Å². The lowest BCUT2D eigenvalue weighted by atomic mass is 10.0. The molecule has 1 N–H and O–H groups in total. The van der Waals surface area contributed by atoms with E-state index in [9.17, 15) is 31.2 Å². The maximum atomic E-state index is 15.0. The minimum atomic E-state index is -4.80. The predicted molar refractivity (Wildman–Crippen MR) is 171 cm³/mol. The summed E-state index contributed by atoms with van der Waals surface area (Å²) in [4.78, 5) is 29.0. The first-order chi connectivity index (χ1) is 22.3. The Bertz CT molecular complexity index is 1770. The molecule has 0 saturated carbocycles. The van der Waals surface area contributed by atoms with Crippen LogP contribution in [0.25, 0.3) is 0 Å². The van der Waals surface area contributed by atoms with Crippen molar-refractivity contribution in [2.45, 2.75) is 56.4 Å². The SMILES string of the molecule is CCC(C)NC(=O)C(Cc1ccccc1)N(Cc1ccccc1F)C(=O)CN(c1cccc(C(F)(F)F)c1)S(=O)(=O)c1ccccc1. The molecule has 0 aliphatic heterocycles. The number of hydrogen-bond acceptors (Lipinski definition) is 4. The molecule has 0 heterocycles. The molecule has 0 fully saturated rings. The maximum absolute atomic E-state index is 15.0. The fraction of sp³-hybridized carbons (Fsp3) is 0.257. The molecule has 0 bridgehead atoms. The normalized spacial score (nSPS) is 13.0. The Morgan fingerprint density at radius 1 is 0.851 bits per heavy atom. The highest BCUT2D eigenvalue weighted by Crippen LogP contribution is 2.33. The van der Waals surface area contributed by atoms with Crippen molar-refractivity contribution in [3.05, 3.63) is 132 Å². The molecule has 12 heteroatoms. The molecule has 0 radical (unpaired) electrons. The number of sulfonamides is 1. The van der Waals surface area contributed by atoms with Gasteiger partial charge < -0.3 is 10.2 Å². The van der Waals surface area contributed by atoms with E-state index in [4.69, 9.17) is 0 Å². The zero-order chi connectivity index (χ0) is 34.2. The molecule has 0 spiro atoms. The summed E-state index contributed by atoms with van der Waals surface area (Å²) in [7, 11) is -4.61. The third kappa shape index (κ3) is 8.97. The largest absolute Gasteiger partial charge is 0.416 e. The van der Waals surface area contributed by atoms with Gasteiger partial charge in [0, 0.05) is 24.6 Å². The molecule has 4 rings (SSSR count). The first-order valence-corrected chi connectivity index (χ1v) is 16.4. The van der Waals surface area contributed by atoms with E-state index in [0.29, 0.717) is 22.4 Å². The topological polar surface area (TPSA) is 86.8 Å². The molecule has 248 valence electrons. The molecule has 0 saturated heterocycles. The zero-order valence-electron chi connectivity index (χ0n) is 25.8. The van der Waals surface area contributed by atoms with E-state index in [0.717, 1.165) is 23.1 Å². The Labute approximate surface area is 271 Å². The number of amides is 2. The second kappa shape index (κ2) is 15.3. The summed E-state index contributed by atoms with van der Waals surface area (Å²) < 4.78 is 84.8. The fourth-order valence-electron chi connectivity index (χ4n) is 4.89. The minimum absolute atomic E-state index is 0.00169. The average Bonchev–Trinajstić information content (AvgIpc) is 3.06. The van der Waals surface area contributed by atoms with E-state index in [2.05, 4.69) is 5.32 Å². The van der Waals surface area contributed by atoms with Crippen LogP contribution in [0.4, 0.5) is 23.2 Å². The highest BCUT2D eigenvalue weighted by molar-refractivity contribution is 7.92. The third-order valence-corrected chi connectivity index (χ3v) is 9.43. The predicted octanol–water partition coefficient (Wildman–Crippen LogP) is 6.59. The number of carbonyl (C=O) groups excluding carboxylic acids is 2. The first kappa shape index (κ1) is 35.1. The molecule has 0 aliphatic carbocycles. The molecule has 47 heavy (non-hydrogen) atoms. The second-order valence-electron chi connectivity index (χ2n) is 11.0. The number of anilines is 1. The van der Waals surface area contributed by atoms with E-state index in [1.807, 2.05) is 6.92 Å². The second-order valence-corrected chi connectivity index (χ2v) is 12.9. The third-order valence-electron chi connectivity index (χ3n) is 7.64. The van der Waals surface area contributed by atoms with Crippen LogP contribution < -0.4 is 9.62 Å². The monoisotopic (exact) mass is 669 g/mol. The summed E-state index contributed by atoms with van der Waals surface area (Å²) in [6.07, 6.45) is -4.23. The number of nitrogens with one attached hydrogen (secondary N) is 1. The van der Waals surface area contributed by atoms with E-state index in [1.165, 1.54) is 42.5 Å². The van der Waals surface area contributed by atoms with Crippen LogP contribution in [0.3, 0.4) is 0 Å². The molecule has 4 aromatic carbocycles. The molecule has 2 atom stereocenters. The molecule has 4 aromatic rings. The number of rotatable bonds is 13. The standard InChI is InChI=1S/C35H35F4N3O4S/c1-3-25(2)40-34(44)32(21-26-13-6-4-7-14-26)41(23-27-15-10-11-20-31(27)36)33(43)24-42(47(45,46)30-18-8-5-9-19-30)29-17-12-16-28(22-29)35(37,38)39/h4-20,22,25,32H,3,21,23-24H2,1-2H3,(H,40,44). The van der Waals surface area contributed by atoms with Gasteiger partial charge in [-0.2, -0.15) is 13.2 Å². The molecular formula is C35H35F4N3O4S. The van der Waals surface area contributed by atoms with Gasteiger partial charge in [-0.15, -0.1) is 0 Å². The Morgan fingerprint density at radius 3 is 2.09 bits per heavy atom. The van der Waals surface area contributed by atoms with Gasteiger partial charge in [0.1, 0.15) is 18.4 Å². The van der Waals surface area contributed by atoms with Gasteiger partial charge in [0.25, 0.3) is 10.0 Å². The van der Waals surface area contributed by atoms with Crippen LogP contribution in [-0.4, -0.2) is 43.8 Å². The van der Waals surface area contributed by atoms with Gasteiger partial charge >= 0.3 is 6.18 Å². The van der Waals surface area contributed by atoms with E-state index in [1.54, 1.807) is 49.4 Å². The van der Waals surface area contributed by atoms with E-state index < -0.39 is 64.2 Å². The van der Waals surface area contributed by atoms with Gasteiger partial charge in [0.05, 0.1) is 16.1 Å². The van der Waals surface area contributed by atoms with Crippen molar-refractivity contribution in [3.63, 3.8) is 0 Å². The van der Waals surface area contributed by atoms with Crippen LogP contribution in [-0.2, 0) is 38.8 Å².